The first-order chi connectivity index (χ1) is 16.1. The molecule has 34 heavy (non-hydrogen) atoms. The monoisotopic (exact) mass is 500 g/mol. The first kappa shape index (κ1) is 23.7. The Kier molecular flexibility index (Phi) is 6.11. The van der Waals surface area contributed by atoms with Crippen LogP contribution in [0.15, 0.2) is 42.0 Å². The minimum atomic E-state index is -6.09. The van der Waals surface area contributed by atoms with Crippen LogP contribution in [0.3, 0.4) is 0 Å². The average Bonchev–Trinajstić information content (AvgIpc) is 3.38. The predicted molar refractivity (Wildman–Crippen MR) is 112 cm³/mol. The molecule has 0 radical (unpaired) electrons. The van der Waals surface area contributed by atoms with Gasteiger partial charge in [-0.2, -0.15) is 21.6 Å². The van der Waals surface area contributed by atoms with Crippen LogP contribution < -0.4 is 14.2 Å². The zero-order valence-corrected chi connectivity index (χ0v) is 18.8. The average molecular weight is 500 g/mol. The van der Waals surface area contributed by atoms with Crippen molar-refractivity contribution in [1.82, 2.24) is 0 Å². The second kappa shape index (κ2) is 8.75. The molecule has 0 saturated carbocycles. The molecule has 0 aromatic heterocycles. The highest BCUT2D eigenvalue weighted by Gasteiger charge is 2.51. The third kappa shape index (κ3) is 4.13. The predicted octanol–water partition coefficient (Wildman–Crippen LogP) is 4.10. The van der Waals surface area contributed by atoms with Gasteiger partial charge in [-0.05, 0) is 41.8 Å². The summed E-state index contributed by atoms with van der Waals surface area (Å²) in [7, 11) is -5.07. The lowest BCUT2D eigenvalue weighted by Gasteiger charge is -2.16. The highest BCUT2D eigenvalue weighted by Crippen LogP contribution is 2.50. The Morgan fingerprint density at radius 2 is 1.85 bits per heavy atom. The van der Waals surface area contributed by atoms with E-state index in [1.54, 1.807) is 24.3 Å². The Labute approximate surface area is 192 Å². The number of carbonyl (C=O) groups is 1. The van der Waals surface area contributed by atoms with Crippen LogP contribution in [0.2, 0.25) is 0 Å². The van der Waals surface area contributed by atoms with Crippen molar-refractivity contribution in [2.24, 2.45) is 0 Å². The minimum Gasteiger partial charge on any atom is -0.494 e. The summed E-state index contributed by atoms with van der Waals surface area (Å²) in [5.41, 5.74) is -5.40. The topological polar surface area (TPSA) is 97.4 Å². The van der Waals surface area contributed by atoms with E-state index >= 15 is 0 Å². The quantitative estimate of drug-likeness (QED) is 0.319. The lowest BCUT2D eigenvalue weighted by Crippen LogP contribution is -2.25. The number of hydrogen-bond donors (Lipinski definition) is 0. The number of methoxy groups -OCH3 is 1. The van der Waals surface area contributed by atoms with Crippen molar-refractivity contribution in [3.63, 3.8) is 0 Å². The Balaban J connectivity index is 1.93. The van der Waals surface area contributed by atoms with Crippen molar-refractivity contribution < 1.29 is 49.5 Å². The molecule has 0 saturated heterocycles. The van der Waals surface area contributed by atoms with E-state index in [0.29, 0.717) is 35.7 Å². The van der Waals surface area contributed by atoms with Crippen LogP contribution in [0.4, 0.5) is 13.2 Å². The van der Waals surface area contributed by atoms with Gasteiger partial charge in [0, 0.05) is 11.5 Å². The first-order valence-corrected chi connectivity index (χ1v) is 11.5. The molecule has 1 atom stereocenters. The van der Waals surface area contributed by atoms with Crippen LogP contribution >= 0.6 is 0 Å². The molecule has 12 heteroatoms. The van der Waals surface area contributed by atoms with Gasteiger partial charge in [0.25, 0.3) is 0 Å². The second-order valence-electron chi connectivity index (χ2n) is 7.36. The van der Waals surface area contributed by atoms with E-state index in [0.717, 1.165) is 7.11 Å². The normalized spacial score (nSPS) is 16.9. The fourth-order valence-corrected chi connectivity index (χ4v) is 4.22. The van der Waals surface area contributed by atoms with Crippen LogP contribution in [0.5, 0.6) is 17.2 Å². The summed E-state index contributed by atoms with van der Waals surface area (Å²) in [6.45, 7) is 2.16. The molecule has 0 N–H and O–H groups in total. The van der Waals surface area contributed by atoms with Crippen LogP contribution in [0.1, 0.15) is 36.0 Å². The van der Waals surface area contributed by atoms with E-state index < -0.39 is 38.8 Å². The van der Waals surface area contributed by atoms with Crippen molar-refractivity contribution in [1.29, 1.82) is 0 Å². The van der Waals surface area contributed by atoms with Crippen molar-refractivity contribution in [2.45, 2.75) is 24.8 Å². The number of halogens is 3. The minimum absolute atomic E-state index is 0.0178. The molecular formula is C22H19F3O8S. The van der Waals surface area contributed by atoms with Crippen LogP contribution in [-0.4, -0.2) is 40.4 Å². The Hall–Kier alpha value is -3.41. The molecule has 0 bridgehead atoms. The molecule has 0 fully saturated rings. The van der Waals surface area contributed by atoms with E-state index in [-0.39, 0.29) is 18.1 Å². The summed E-state index contributed by atoms with van der Waals surface area (Å²) in [4.78, 5) is 12.8. The van der Waals surface area contributed by atoms with E-state index in [9.17, 15) is 26.4 Å². The number of benzene rings is 2. The third-order valence-corrected chi connectivity index (χ3v) is 6.15. The van der Waals surface area contributed by atoms with E-state index in [1.165, 1.54) is 12.1 Å². The van der Waals surface area contributed by atoms with E-state index in [4.69, 9.17) is 18.9 Å². The number of rotatable bonds is 7. The van der Waals surface area contributed by atoms with Gasteiger partial charge in [-0.25, -0.2) is 4.79 Å². The molecule has 2 aromatic carbocycles. The van der Waals surface area contributed by atoms with Crippen molar-refractivity contribution in [3.05, 3.63) is 58.7 Å². The molecular weight excluding hydrogens is 481 g/mol. The summed E-state index contributed by atoms with van der Waals surface area (Å²) in [6.07, 6.45) is 0.659. The van der Waals surface area contributed by atoms with Crippen molar-refractivity contribution in [3.8, 4) is 17.2 Å². The van der Waals surface area contributed by atoms with Gasteiger partial charge in [0.1, 0.15) is 5.75 Å². The Bertz CT molecular complexity index is 1270. The van der Waals surface area contributed by atoms with Gasteiger partial charge in [-0.3, -0.25) is 0 Å². The zero-order chi connectivity index (χ0) is 24.7. The van der Waals surface area contributed by atoms with Crippen LogP contribution in [0.25, 0.3) is 5.76 Å². The first-order valence-electron chi connectivity index (χ1n) is 10.1. The number of hydrogen-bond acceptors (Lipinski definition) is 8. The molecule has 2 aromatic rings. The fourth-order valence-electron chi connectivity index (χ4n) is 3.73. The molecule has 2 aliphatic rings. The molecule has 1 aliphatic carbocycles. The molecule has 0 unspecified atom stereocenters. The summed E-state index contributed by atoms with van der Waals surface area (Å²) in [5.74, 6) is -1.75. The molecule has 0 amide bonds. The molecule has 1 aliphatic heterocycles. The summed E-state index contributed by atoms with van der Waals surface area (Å²) in [5, 5.41) is 0. The van der Waals surface area contributed by atoms with Crippen LogP contribution in [-0.2, 0) is 23.8 Å². The van der Waals surface area contributed by atoms with Gasteiger partial charge in [-0.15, -0.1) is 0 Å². The molecule has 4 rings (SSSR count). The van der Waals surface area contributed by atoms with E-state index in [2.05, 4.69) is 4.18 Å². The maximum absolute atomic E-state index is 13.2. The fraction of sp³-hybridized carbons (Fsp3) is 0.318. The molecule has 182 valence electrons. The van der Waals surface area contributed by atoms with Crippen LogP contribution in [0, 0.1) is 0 Å². The van der Waals surface area contributed by atoms with Gasteiger partial charge < -0.3 is 23.1 Å². The highest BCUT2D eigenvalue weighted by molar-refractivity contribution is 7.87. The number of carbonyl (C=O) groups excluding carboxylic acids is 1. The van der Waals surface area contributed by atoms with Gasteiger partial charge in [0.05, 0.1) is 19.3 Å². The zero-order valence-electron chi connectivity index (χ0n) is 18.0. The second-order valence-corrected chi connectivity index (χ2v) is 8.90. The van der Waals surface area contributed by atoms with Gasteiger partial charge in [0.15, 0.2) is 17.3 Å². The number of ether oxygens (including phenoxy) is 4. The smallest absolute Gasteiger partial charge is 0.494 e. The lowest BCUT2D eigenvalue weighted by atomic mass is 9.88. The van der Waals surface area contributed by atoms with Gasteiger partial charge in [-0.1, -0.05) is 19.1 Å². The highest BCUT2D eigenvalue weighted by atomic mass is 32.2. The van der Waals surface area contributed by atoms with E-state index in [1.807, 2.05) is 6.92 Å². The largest absolute Gasteiger partial charge is 0.534 e. The maximum atomic E-state index is 13.2. The van der Waals surface area contributed by atoms with Gasteiger partial charge >= 0.3 is 21.6 Å². The SMILES string of the molecule is CCCOc1ccc2c(c1)C(OS(=O)(=O)C(F)(F)F)=C(C(=O)OC)[C@H]2c1ccc2c(c1)OCO2. The maximum Gasteiger partial charge on any atom is 0.534 e. The number of esters is 1. The van der Waals surface area contributed by atoms with Gasteiger partial charge in [0.2, 0.25) is 6.79 Å². The molecule has 0 spiro atoms. The molecule has 8 nitrogen and oxygen atoms in total. The standard InChI is InChI=1S/C22H19F3O8S/c1-3-8-30-13-5-6-14-15(10-13)20(33-34(27,28)22(23,24)25)19(21(26)29-2)18(14)12-4-7-16-17(9-12)32-11-31-16/h4-7,9-10,18H,3,8,11H2,1-2H3/t18-/m0/s1. The summed E-state index contributed by atoms with van der Waals surface area (Å²) < 4.78 is 88.9. The Morgan fingerprint density at radius 1 is 1.12 bits per heavy atom. The lowest BCUT2D eigenvalue weighted by molar-refractivity contribution is -0.136. The molecule has 1 heterocycles. The number of fused-ring (bicyclic) bond motifs is 2. The number of alkyl halides is 3. The third-order valence-electron chi connectivity index (χ3n) is 5.20. The Morgan fingerprint density at radius 3 is 2.53 bits per heavy atom. The van der Waals surface area contributed by atoms with Crippen molar-refractivity contribution in [2.75, 3.05) is 20.5 Å². The summed E-state index contributed by atoms with van der Waals surface area (Å²) >= 11 is 0. The summed E-state index contributed by atoms with van der Waals surface area (Å²) in [6, 6.07) is 9.17. The van der Waals surface area contributed by atoms with Crippen molar-refractivity contribution >= 4 is 21.8 Å².